The molecule has 1 atom stereocenters. The van der Waals surface area contributed by atoms with Gasteiger partial charge in [0.15, 0.2) is 5.78 Å². The van der Waals surface area contributed by atoms with Crippen LogP contribution in [0.4, 0.5) is 0 Å². The summed E-state index contributed by atoms with van der Waals surface area (Å²) in [5.74, 6) is 1.35. The van der Waals surface area contributed by atoms with Crippen molar-refractivity contribution in [2.24, 2.45) is 0 Å². The average molecular weight is 377 g/mol. The Balaban J connectivity index is 1.57. The molecule has 1 aliphatic carbocycles. The van der Waals surface area contributed by atoms with Gasteiger partial charge >= 0.3 is 0 Å². The Morgan fingerprint density at radius 3 is 2.78 bits per heavy atom. The molecular formula is C25H28OS. The van der Waals surface area contributed by atoms with E-state index in [0.717, 1.165) is 18.4 Å². The molecule has 0 saturated heterocycles. The topological polar surface area (TPSA) is 17.1 Å². The Morgan fingerprint density at radius 1 is 1.19 bits per heavy atom. The standard InChI is InChI=1S/C25H28OS/c1-15(2)25-20-10-5-16(3)13-24(20)27-23(25)12-11-22(26)19-9-8-18-7-6-17(4)21(18)14-19/h5,8-10,13-15,17H,6-7,11-12H2,1-4H3. The number of benzene rings is 2. The number of ketones is 1. The lowest BCUT2D eigenvalue weighted by Crippen LogP contribution is -2.03. The predicted octanol–water partition coefficient (Wildman–Crippen LogP) is 7.20. The van der Waals surface area contributed by atoms with Gasteiger partial charge in [-0.25, -0.2) is 0 Å². The lowest BCUT2D eigenvalue weighted by atomic mass is 9.95. The minimum Gasteiger partial charge on any atom is -0.294 e. The maximum atomic E-state index is 12.9. The van der Waals surface area contributed by atoms with Gasteiger partial charge in [-0.05, 0) is 77.8 Å². The molecule has 0 saturated carbocycles. The molecule has 1 aliphatic rings. The highest BCUT2D eigenvalue weighted by molar-refractivity contribution is 7.19. The number of hydrogen-bond donors (Lipinski definition) is 0. The van der Waals surface area contributed by atoms with Crippen molar-refractivity contribution in [3.63, 3.8) is 0 Å². The lowest BCUT2D eigenvalue weighted by molar-refractivity contribution is 0.0983. The van der Waals surface area contributed by atoms with Crippen molar-refractivity contribution in [2.45, 2.75) is 65.2 Å². The monoisotopic (exact) mass is 376 g/mol. The first-order valence-corrected chi connectivity index (χ1v) is 10.9. The van der Waals surface area contributed by atoms with E-state index in [4.69, 9.17) is 0 Å². The van der Waals surface area contributed by atoms with Gasteiger partial charge in [-0.3, -0.25) is 4.79 Å². The second-order valence-electron chi connectivity index (χ2n) is 8.37. The Kier molecular flexibility index (Phi) is 4.94. The van der Waals surface area contributed by atoms with E-state index in [2.05, 4.69) is 58.0 Å². The molecule has 2 heteroatoms. The van der Waals surface area contributed by atoms with E-state index in [1.54, 1.807) is 0 Å². The van der Waals surface area contributed by atoms with Crippen LogP contribution < -0.4 is 0 Å². The fourth-order valence-electron chi connectivity index (χ4n) is 4.45. The van der Waals surface area contributed by atoms with Crippen molar-refractivity contribution in [3.8, 4) is 0 Å². The zero-order chi connectivity index (χ0) is 19.1. The van der Waals surface area contributed by atoms with Crippen LogP contribution in [-0.4, -0.2) is 5.78 Å². The third kappa shape index (κ3) is 3.48. The quantitative estimate of drug-likeness (QED) is 0.430. The Bertz CT molecular complexity index is 1010. The average Bonchev–Trinajstić information content (AvgIpc) is 3.19. The van der Waals surface area contributed by atoms with Crippen LogP contribution in [0.15, 0.2) is 36.4 Å². The van der Waals surface area contributed by atoms with Gasteiger partial charge in [-0.2, -0.15) is 0 Å². The van der Waals surface area contributed by atoms with Gasteiger partial charge in [0.05, 0.1) is 0 Å². The number of fused-ring (bicyclic) bond motifs is 2. The Labute approximate surface area is 166 Å². The van der Waals surface area contributed by atoms with Gasteiger partial charge in [0.2, 0.25) is 0 Å². The molecule has 0 fully saturated rings. The molecule has 1 nitrogen and oxygen atoms in total. The summed E-state index contributed by atoms with van der Waals surface area (Å²) in [5.41, 5.74) is 6.45. The number of Topliss-reactive ketones (excluding diaryl/α,β-unsaturated/α-hetero) is 1. The Morgan fingerprint density at radius 2 is 2.00 bits per heavy atom. The fourth-order valence-corrected chi connectivity index (χ4v) is 5.90. The van der Waals surface area contributed by atoms with Crippen molar-refractivity contribution in [1.82, 2.24) is 0 Å². The number of hydrogen-bond acceptors (Lipinski definition) is 2. The molecule has 27 heavy (non-hydrogen) atoms. The van der Waals surface area contributed by atoms with Crippen molar-refractivity contribution < 1.29 is 4.79 Å². The van der Waals surface area contributed by atoms with Gasteiger partial charge in [-0.1, -0.05) is 45.0 Å². The minimum absolute atomic E-state index is 0.278. The van der Waals surface area contributed by atoms with E-state index in [-0.39, 0.29) is 5.78 Å². The molecular weight excluding hydrogens is 348 g/mol. The highest BCUT2D eigenvalue weighted by Crippen LogP contribution is 2.38. The van der Waals surface area contributed by atoms with Crippen molar-refractivity contribution in [1.29, 1.82) is 0 Å². The molecule has 0 spiro atoms. The number of thiophene rings is 1. The summed E-state index contributed by atoms with van der Waals surface area (Å²) in [5, 5.41) is 1.37. The van der Waals surface area contributed by atoms with E-state index < -0.39 is 0 Å². The van der Waals surface area contributed by atoms with E-state index in [0.29, 0.717) is 18.3 Å². The zero-order valence-electron chi connectivity index (χ0n) is 16.8. The molecule has 0 N–H and O–H groups in total. The second-order valence-corrected chi connectivity index (χ2v) is 9.51. The molecule has 1 unspecified atom stereocenters. The summed E-state index contributed by atoms with van der Waals surface area (Å²) >= 11 is 1.87. The van der Waals surface area contributed by atoms with Gasteiger partial charge in [0.1, 0.15) is 0 Å². The molecule has 1 heterocycles. The summed E-state index contributed by atoms with van der Waals surface area (Å²) in [6.45, 7) is 8.93. The van der Waals surface area contributed by atoms with Crippen LogP contribution in [-0.2, 0) is 12.8 Å². The highest BCUT2D eigenvalue weighted by atomic mass is 32.1. The molecule has 0 radical (unpaired) electrons. The van der Waals surface area contributed by atoms with E-state index >= 15 is 0 Å². The summed E-state index contributed by atoms with van der Waals surface area (Å²) in [7, 11) is 0. The highest BCUT2D eigenvalue weighted by Gasteiger charge is 2.21. The minimum atomic E-state index is 0.278. The zero-order valence-corrected chi connectivity index (χ0v) is 17.6. The second kappa shape index (κ2) is 7.24. The van der Waals surface area contributed by atoms with Crippen LogP contribution in [0.1, 0.15) is 82.9 Å². The number of rotatable bonds is 5. The van der Waals surface area contributed by atoms with Gasteiger partial charge in [0.25, 0.3) is 0 Å². The van der Waals surface area contributed by atoms with Crippen molar-refractivity contribution in [3.05, 3.63) is 69.1 Å². The molecule has 1 aromatic heterocycles. The number of carbonyl (C=O) groups excluding carboxylic acids is 1. The largest absolute Gasteiger partial charge is 0.294 e. The Hall–Kier alpha value is -1.93. The first kappa shape index (κ1) is 18.4. The predicted molar refractivity (Wildman–Crippen MR) is 116 cm³/mol. The summed E-state index contributed by atoms with van der Waals surface area (Å²) in [6.07, 6.45) is 3.81. The van der Waals surface area contributed by atoms with Gasteiger partial charge < -0.3 is 0 Å². The third-order valence-electron chi connectivity index (χ3n) is 5.96. The number of carbonyl (C=O) groups is 1. The molecule has 3 aromatic rings. The molecule has 2 aromatic carbocycles. The smallest absolute Gasteiger partial charge is 0.163 e. The molecule has 0 amide bonds. The maximum absolute atomic E-state index is 12.9. The fraction of sp³-hybridized carbons (Fsp3) is 0.400. The van der Waals surface area contributed by atoms with Crippen LogP contribution in [0.3, 0.4) is 0 Å². The number of aryl methyl sites for hydroxylation is 3. The van der Waals surface area contributed by atoms with E-state index in [9.17, 15) is 4.79 Å². The summed E-state index contributed by atoms with van der Waals surface area (Å²) in [6, 6.07) is 13.1. The third-order valence-corrected chi connectivity index (χ3v) is 7.19. The molecule has 4 rings (SSSR count). The van der Waals surface area contributed by atoms with Crippen LogP contribution in [0.25, 0.3) is 10.1 Å². The van der Waals surface area contributed by atoms with Crippen LogP contribution in [0.5, 0.6) is 0 Å². The summed E-state index contributed by atoms with van der Waals surface area (Å²) < 4.78 is 1.35. The first-order valence-electron chi connectivity index (χ1n) is 10.1. The van der Waals surface area contributed by atoms with Crippen LogP contribution >= 0.6 is 11.3 Å². The SMILES string of the molecule is Cc1ccc2c(C(C)C)c(CCC(=O)c3ccc4c(c3)C(C)CC4)sc2c1. The lowest BCUT2D eigenvalue weighted by Gasteiger charge is -2.10. The first-order chi connectivity index (χ1) is 12.9. The normalized spacial score (nSPS) is 16.3. The van der Waals surface area contributed by atoms with Gasteiger partial charge in [-0.15, -0.1) is 11.3 Å². The van der Waals surface area contributed by atoms with Crippen LogP contribution in [0.2, 0.25) is 0 Å². The van der Waals surface area contributed by atoms with E-state index in [1.807, 2.05) is 17.4 Å². The maximum Gasteiger partial charge on any atom is 0.163 e. The van der Waals surface area contributed by atoms with Crippen molar-refractivity contribution >= 4 is 27.2 Å². The summed E-state index contributed by atoms with van der Waals surface area (Å²) in [4.78, 5) is 14.3. The molecule has 140 valence electrons. The van der Waals surface area contributed by atoms with Crippen LogP contribution in [0, 0.1) is 6.92 Å². The van der Waals surface area contributed by atoms with Gasteiger partial charge in [0, 0.05) is 21.6 Å². The van der Waals surface area contributed by atoms with E-state index in [1.165, 1.54) is 43.6 Å². The molecule has 0 bridgehead atoms. The molecule has 0 aliphatic heterocycles. The van der Waals surface area contributed by atoms with Crippen molar-refractivity contribution in [2.75, 3.05) is 0 Å².